The molecule has 20 heavy (non-hydrogen) atoms. The number of phenols is 1. The number of hydrogen-bond acceptors (Lipinski definition) is 5. The maximum Gasteiger partial charge on any atom is 0.212 e. The molecule has 1 aromatic carbocycles. The Bertz CT molecular complexity index is 531. The third kappa shape index (κ3) is 4.99. The van der Waals surface area contributed by atoms with Crippen LogP contribution in [0.3, 0.4) is 0 Å². The molecule has 0 aliphatic carbocycles. The van der Waals surface area contributed by atoms with Crippen molar-refractivity contribution in [1.82, 2.24) is 10.0 Å². The second kappa shape index (κ2) is 7.47. The molecule has 114 valence electrons. The van der Waals surface area contributed by atoms with E-state index in [1.807, 2.05) is 6.92 Å². The first-order valence-corrected chi connectivity index (χ1v) is 8.12. The lowest BCUT2D eigenvalue weighted by Gasteiger charge is -2.16. The first kappa shape index (κ1) is 16.7. The van der Waals surface area contributed by atoms with Gasteiger partial charge < -0.3 is 15.2 Å². The summed E-state index contributed by atoms with van der Waals surface area (Å²) in [4.78, 5) is 0. The molecule has 0 radical (unpaired) electrons. The van der Waals surface area contributed by atoms with Crippen molar-refractivity contribution < 1.29 is 18.3 Å². The van der Waals surface area contributed by atoms with Gasteiger partial charge in [0.1, 0.15) is 11.5 Å². The van der Waals surface area contributed by atoms with Crippen molar-refractivity contribution in [2.24, 2.45) is 0 Å². The summed E-state index contributed by atoms with van der Waals surface area (Å²) in [6, 6.07) is 4.77. The second-order valence-electron chi connectivity index (χ2n) is 4.42. The SMILES string of the molecule is CCNS(=O)(=O)CCNC(C)c1cc(OC)ccc1O. The van der Waals surface area contributed by atoms with Crippen LogP contribution in [-0.2, 0) is 10.0 Å². The normalized spacial score (nSPS) is 13.2. The van der Waals surface area contributed by atoms with Crippen LogP contribution in [0.4, 0.5) is 0 Å². The van der Waals surface area contributed by atoms with Crippen molar-refractivity contribution in [3.05, 3.63) is 23.8 Å². The molecule has 0 spiro atoms. The zero-order valence-electron chi connectivity index (χ0n) is 12.0. The zero-order chi connectivity index (χ0) is 15.2. The number of nitrogens with one attached hydrogen (secondary N) is 2. The summed E-state index contributed by atoms with van der Waals surface area (Å²) in [5.74, 6) is 0.794. The monoisotopic (exact) mass is 302 g/mol. The lowest BCUT2D eigenvalue weighted by molar-refractivity contribution is 0.408. The average molecular weight is 302 g/mol. The van der Waals surface area contributed by atoms with E-state index >= 15 is 0 Å². The van der Waals surface area contributed by atoms with E-state index in [4.69, 9.17) is 4.74 Å². The zero-order valence-corrected chi connectivity index (χ0v) is 12.8. The average Bonchev–Trinajstić information content (AvgIpc) is 2.38. The summed E-state index contributed by atoms with van der Waals surface area (Å²) in [7, 11) is -1.68. The van der Waals surface area contributed by atoms with E-state index in [-0.39, 0.29) is 17.5 Å². The summed E-state index contributed by atoms with van der Waals surface area (Å²) in [6.45, 7) is 4.28. The van der Waals surface area contributed by atoms with Gasteiger partial charge in [-0.2, -0.15) is 0 Å². The first-order valence-electron chi connectivity index (χ1n) is 6.47. The Morgan fingerprint density at radius 3 is 2.70 bits per heavy atom. The van der Waals surface area contributed by atoms with Gasteiger partial charge in [0, 0.05) is 24.7 Å². The quantitative estimate of drug-likeness (QED) is 0.666. The number of ether oxygens (including phenoxy) is 1. The highest BCUT2D eigenvalue weighted by atomic mass is 32.2. The van der Waals surface area contributed by atoms with Crippen LogP contribution in [0.2, 0.25) is 0 Å². The van der Waals surface area contributed by atoms with Gasteiger partial charge in [0.2, 0.25) is 10.0 Å². The van der Waals surface area contributed by atoms with Crippen LogP contribution in [0.5, 0.6) is 11.5 Å². The predicted molar refractivity (Wildman–Crippen MR) is 78.5 cm³/mol. The van der Waals surface area contributed by atoms with E-state index in [2.05, 4.69) is 10.0 Å². The van der Waals surface area contributed by atoms with E-state index in [1.54, 1.807) is 32.2 Å². The van der Waals surface area contributed by atoms with Crippen molar-refractivity contribution in [3.8, 4) is 11.5 Å². The van der Waals surface area contributed by atoms with Crippen molar-refractivity contribution in [2.75, 3.05) is 26.0 Å². The van der Waals surface area contributed by atoms with Crippen molar-refractivity contribution in [1.29, 1.82) is 0 Å². The van der Waals surface area contributed by atoms with Crippen molar-refractivity contribution in [2.45, 2.75) is 19.9 Å². The summed E-state index contributed by atoms with van der Waals surface area (Å²) < 4.78 is 30.5. The Morgan fingerprint density at radius 2 is 2.10 bits per heavy atom. The van der Waals surface area contributed by atoms with Gasteiger partial charge in [-0.05, 0) is 25.1 Å². The number of methoxy groups -OCH3 is 1. The van der Waals surface area contributed by atoms with Gasteiger partial charge >= 0.3 is 0 Å². The topological polar surface area (TPSA) is 87.7 Å². The smallest absolute Gasteiger partial charge is 0.212 e. The Morgan fingerprint density at radius 1 is 1.40 bits per heavy atom. The number of hydrogen-bond donors (Lipinski definition) is 3. The number of sulfonamides is 1. The van der Waals surface area contributed by atoms with Crippen LogP contribution in [0.15, 0.2) is 18.2 Å². The van der Waals surface area contributed by atoms with E-state index in [0.29, 0.717) is 24.4 Å². The van der Waals surface area contributed by atoms with E-state index in [9.17, 15) is 13.5 Å². The third-order valence-electron chi connectivity index (χ3n) is 2.89. The summed E-state index contributed by atoms with van der Waals surface area (Å²) in [5.41, 5.74) is 0.671. The van der Waals surface area contributed by atoms with Crippen LogP contribution in [0, 0.1) is 0 Å². The van der Waals surface area contributed by atoms with Crippen molar-refractivity contribution in [3.63, 3.8) is 0 Å². The van der Waals surface area contributed by atoms with Crippen LogP contribution in [0.25, 0.3) is 0 Å². The summed E-state index contributed by atoms with van der Waals surface area (Å²) in [6.07, 6.45) is 0. The fraction of sp³-hybridized carbons (Fsp3) is 0.538. The highest BCUT2D eigenvalue weighted by Crippen LogP contribution is 2.28. The van der Waals surface area contributed by atoms with Gasteiger partial charge in [-0.3, -0.25) is 0 Å². The van der Waals surface area contributed by atoms with Crippen molar-refractivity contribution >= 4 is 10.0 Å². The fourth-order valence-corrected chi connectivity index (χ4v) is 2.79. The Kier molecular flexibility index (Phi) is 6.25. The predicted octanol–water partition coefficient (Wildman–Crippen LogP) is 0.991. The van der Waals surface area contributed by atoms with Crippen LogP contribution in [0.1, 0.15) is 25.5 Å². The van der Waals surface area contributed by atoms with Gasteiger partial charge in [0.05, 0.1) is 12.9 Å². The fourth-order valence-electron chi connectivity index (χ4n) is 1.82. The molecule has 6 nitrogen and oxygen atoms in total. The maximum absolute atomic E-state index is 11.5. The lowest BCUT2D eigenvalue weighted by atomic mass is 10.1. The molecule has 0 heterocycles. The molecule has 0 amide bonds. The third-order valence-corrected chi connectivity index (χ3v) is 4.36. The molecule has 3 N–H and O–H groups in total. The molecule has 1 aromatic rings. The van der Waals surface area contributed by atoms with Gasteiger partial charge in [-0.15, -0.1) is 0 Å². The highest BCUT2D eigenvalue weighted by molar-refractivity contribution is 7.89. The largest absolute Gasteiger partial charge is 0.508 e. The molecular weight excluding hydrogens is 280 g/mol. The standard InChI is InChI=1S/C13H22N2O4S/c1-4-15-20(17,18)8-7-14-10(2)12-9-11(19-3)5-6-13(12)16/h5-6,9-10,14-16H,4,7-8H2,1-3H3. The lowest BCUT2D eigenvalue weighted by Crippen LogP contribution is -2.32. The molecular formula is C13H22N2O4S. The highest BCUT2D eigenvalue weighted by Gasteiger charge is 2.13. The van der Waals surface area contributed by atoms with Gasteiger partial charge in [0.15, 0.2) is 0 Å². The molecule has 0 fully saturated rings. The van der Waals surface area contributed by atoms with Crippen LogP contribution < -0.4 is 14.8 Å². The van der Waals surface area contributed by atoms with Gasteiger partial charge in [-0.25, -0.2) is 13.1 Å². The molecule has 1 atom stereocenters. The van der Waals surface area contributed by atoms with E-state index < -0.39 is 10.0 Å². The minimum atomic E-state index is -3.23. The minimum absolute atomic E-state index is 0.00406. The number of rotatable bonds is 8. The maximum atomic E-state index is 11.5. The van der Waals surface area contributed by atoms with Gasteiger partial charge in [-0.1, -0.05) is 6.92 Å². The number of aromatic hydroxyl groups is 1. The Labute approximate surface area is 120 Å². The Hall–Kier alpha value is -1.31. The number of benzene rings is 1. The molecule has 0 saturated carbocycles. The molecule has 1 unspecified atom stereocenters. The first-order chi connectivity index (χ1) is 9.39. The molecule has 0 aromatic heterocycles. The molecule has 0 aliphatic heterocycles. The second-order valence-corrected chi connectivity index (χ2v) is 6.34. The van der Waals surface area contributed by atoms with Gasteiger partial charge in [0.25, 0.3) is 0 Å². The molecule has 0 bridgehead atoms. The molecule has 0 aliphatic rings. The van der Waals surface area contributed by atoms with Crippen LogP contribution >= 0.6 is 0 Å². The van der Waals surface area contributed by atoms with Crippen LogP contribution in [-0.4, -0.2) is 39.5 Å². The van der Waals surface area contributed by atoms with E-state index in [1.165, 1.54) is 0 Å². The number of phenolic OH excluding ortho intramolecular Hbond substituents is 1. The molecule has 0 saturated heterocycles. The Balaban J connectivity index is 2.61. The molecule has 7 heteroatoms. The molecule has 1 rings (SSSR count). The minimum Gasteiger partial charge on any atom is -0.508 e. The summed E-state index contributed by atoms with van der Waals surface area (Å²) >= 11 is 0. The van der Waals surface area contributed by atoms with E-state index in [0.717, 1.165) is 0 Å². The summed E-state index contributed by atoms with van der Waals surface area (Å²) in [5, 5.41) is 12.9.